The summed E-state index contributed by atoms with van der Waals surface area (Å²) in [6.45, 7) is 2.25. The standard InChI is InChI=1S/C21H36O4S/c1-2-3-4-5-6-7-8-9-10-11-12-13-14-15-19-16-17-20(22)21(18-19)26(23,24)25/h16-18,22H,2-15H2,1H3,(H,23,24,25). The Morgan fingerprint density at radius 2 is 1.23 bits per heavy atom. The van der Waals surface area contributed by atoms with Crippen molar-refractivity contribution < 1.29 is 18.1 Å². The van der Waals surface area contributed by atoms with Crippen LogP contribution >= 0.6 is 0 Å². The number of phenolic OH excluding ortho intramolecular Hbond substituents is 1. The van der Waals surface area contributed by atoms with Gasteiger partial charge in [0.05, 0.1) is 0 Å². The van der Waals surface area contributed by atoms with Gasteiger partial charge in [-0.15, -0.1) is 0 Å². The van der Waals surface area contributed by atoms with Gasteiger partial charge in [0.2, 0.25) is 0 Å². The summed E-state index contributed by atoms with van der Waals surface area (Å²) in [7, 11) is -4.36. The number of aryl methyl sites for hydroxylation is 1. The number of hydrogen-bond acceptors (Lipinski definition) is 3. The zero-order valence-corrected chi connectivity index (χ0v) is 17.1. The van der Waals surface area contributed by atoms with Crippen molar-refractivity contribution in [3.63, 3.8) is 0 Å². The maximum absolute atomic E-state index is 11.2. The van der Waals surface area contributed by atoms with Gasteiger partial charge in [-0.25, -0.2) is 0 Å². The van der Waals surface area contributed by atoms with Crippen LogP contribution in [0.4, 0.5) is 0 Å². The van der Waals surface area contributed by atoms with Crippen molar-refractivity contribution >= 4 is 10.1 Å². The van der Waals surface area contributed by atoms with Gasteiger partial charge in [-0.05, 0) is 30.5 Å². The number of unbranched alkanes of at least 4 members (excludes halogenated alkanes) is 12. The molecule has 0 spiro atoms. The molecule has 1 aromatic carbocycles. The Kier molecular flexibility index (Phi) is 11.6. The minimum atomic E-state index is -4.36. The Morgan fingerprint density at radius 1 is 0.769 bits per heavy atom. The number of rotatable bonds is 15. The molecule has 0 aromatic heterocycles. The van der Waals surface area contributed by atoms with Crippen molar-refractivity contribution in [1.29, 1.82) is 0 Å². The molecule has 2 N–H and O–H groups in total. The molecule has 150 valence electrons. The molecule has 0 atom stereocenters. The van der Waals surface area contributed by atoms with Crippen molar-refractivity contribution in [2.45, 2.75) is 102 Å². The highest BCUT2D eigenvalue weighted by atomic mass is 32.2. The molecular weight excluding hydrogens is 348 g/mol. The van der Waals surface area contributed by atoms with Crippen molar-refractivity contribution in [3.05, 3.63) is 23.8 Å². The summed E-state index contributed by atoms with van der Waals surface area (Å²) in [5.41, 5.74) is 0.832. The second kappa shape index (κ2) is 13.2. The van der Waals surface area contributed by atoms with E-state index < -0.39 is 20.8 Å². The first kappa shape index (κ1) is 23.0. The van der Waals surface area contributed by atoms with E-state index in [0.29, 0.717) is 0 Å². The molecule has 0 aliphatic rings. The normalized spacial score (nSPS) is 11.8. The van der Waals surface area contributed by atoms with Gasteiger partial charge in [0.25, 0.3) is 10.1 Å². The van der Waals surface area contributed by atoms with Crippen molar-refractivity contribution in [3.8, 4) is 5.75 Å². The van der Waals surface area contributed by atoms with E-state index in [1.807, 2.05) is 0 Å². The second-order valence-corrected chi connectivity index (χ2v) is 8.66. The maximum atomic E-state index is 11.2. The lowest BCUT2D eigenvalue weighted by atomic mass is 10.0. The average molecular weight is 385 g/mol. The third-order valence-corrected chi connectivity index (χ3v) is 5.75. The van der Waals surface area contributed by atoms with Gasteiger partial charge in [-0.1, -0.05) is 90.0 Å². The van der Waals surface area contributed by atoms with Gasteiger partial charge in [0.1, 0.15) is 10.6 Å². The summed E-state index contributed by atoms with van der Waals surface area (Å²) in [5.74, 6) is -0.401. The van der Waals surface area contributed by atoms with Crippen LogP contribution in [0.15, 0.2) is 23.1 Å². The van der Waals surface area contributed by atoms with Crippen LogP contribution < -0.4 is 0 Å². The Morgan fingerprint density at radius 3 is 1.69 bits per heavy atom. The van der Waals surface area contributed by atoms with Crippen LogP contribution in [0.5, 0.6) is 5.75 Å². The van der Waals surface area contributed by atoms with Gasteiger partial charge in [0.15, 0.2) is 0 Å². The summed E-state index contributed by atoms with van der Waals surface area (Å²) in [6.07, 6.45) is 17.6. The Labute approximate surface area is 159 Å². The molecule has 0 heterocycles. The van der Waals surface area contributed by atoms with Gasteiger partial charge < -0.3 is 5.11 Å². The van der Waals surface area contributed by atoms with Crippen LogP contribution in [0.2, 0.25) is 0 Å². The molecule has 1 aromatic rings. The summed E-state index contributed by atoms with van der Waals surface area (Å²) in [5, 5.41) is 9.52. The highest BCUT2D eigenvalue weighted by Gasteiger charge is 2.15. The fourth-order valence-corrected chi connectivity index (χ4v) is 3.90. The molecule has 0 unspecified atom stereocenters. The molecule has 0 aliphatic carbocycles. The van der Waals surface area contributed by atoms with E-state index in [2.05, 4.69) is 6.92 Å². The zero-order chi connectivity index (χ0) is 19.3. The Bertz CT molecular complexity index is 596. The zero-order valence-electron chi connectivity index (χ0n) is 16.3. The first-order valence-corrected chi connectivity index (χ1v) is 11.7. The summed E-state index contributed by atoms with van der Waals surface area (Å²) in [6, 6.07) is 4.41. The average Bonchev–Trinajstić information content (AvgIpc) is 2.59. The predicted octanol–water partition coefficient (Wildman–Crippen LogP) is 6.27. The van der Waals surface area contributed by atoms with Crippen LogP contribution in [0.25, 0.3) is 0 Å². The predicted molar refractivity (Wildman–Crippen MR) is 107 cm³/mol. The number of hydrogen-bond donors (Lipinski definition) is 2. The molecule has 1 rings (SSSR count). The molecule has 0 radical (unpaired) electrons. The number of benzene rings is 1. The minimum absolute atomic E-state index is 0.398. The van der Waals surface area contributed by atoms with E-state index in [-0.39, 0.29) is 0 Å². The lowest BCUT2D eigenvalue weighted by Crippen LogP contribution is -2.00. The first-order chi connectivity index (χ1) is 12.4. The van der Waals surface area contributed by atoms with Crippen molar-refractivity contribution in [1.82, 2.24) is 0 Å². The van der Waals surface area contributed by atoms with Crippen molar-refractivity contribution in [2.24, 2.45) is 0 Å². The molecular formula is C21H36O4S. The van der Waals surface area contributed by atoms with E-state index >= 15 is 0 Å². The van der Waals surface area contributed by atoms with Crippen LogP contribution in [0, 0.1) is 0 Å². The van der Waals surface area contributed by atoms with Crippen LogP contribution in [-0.2, 0) is 16.5 Å². The molecule has 0 bridgehead atoms. The van der Waals surface area contributed by atoms with E-state index in [1.165, 1.54) is 82.8 Å². The molecule has 4 nitrogen and oxygen atoms in total. The summed E-state index contributed by atoms with van der Waals surface area (Å²) < 4.78 is 31.5. The summed E-state index contributed by atoms with van der Waals surface area (Å²) in [4.78, 5) is -0.398. The van der Waals surface area contributed by atoms with E-state index in [9.17, 15) is 13.5 Å². The van der Waals surface area contributed by atoms with E-state index in [1.54, 1.807) is 6.07 Å². The highest BCUT2D eigenvalue weighted by Crippen LogP contribution is 2.24. The molecule has 0 saturated heterocycles. The molecule has 5 heteroatoms. The van der Waals surface area contributed by atoms with Crippen LogP contribution in [-0.4, -0.2) is 18.1 Å². The highest BCUT2D eigenvalue weighted by molar-refractivity contribution is 7.86. The van der Waals surface area contributed by atoms with Gasteiger partial charge >= 0.3 is 0 Å². The van der Waals surface area contributed by atoms with E-state index in [0.717, 1.165) is 24.8 Å². The molecule has 0 aliphatic heterocycles. The quantitative estimate of drug-likeness (QED) is 0.276. The van der Waals surface area contributed by atoms with Crippen LogP contribution in [0.3, 0.4) is 0 Å². The lowest BCUT2D eigenvalue weighted by molar-refractivity contribution is 0.442. The molecule has 0 amide bonds. The topological polar surface area (TPSA) is 74.6 Å². The maximum Gasteiger partial charge on any atom is 0.298 e. The third kappa shape index (κ3) is 10.2. The number of aromatic hydroxyl groups is 1. The smallest absolute Gasteiger partial charge is 0.298 e. The lowest BCUT2D eigenvalue weighted by Gasteiger charge is -2.06. The first-order valence-electron chi connectivity index (χ1n) is 10.2. The van der Waals surface area contributed by atoms with Gasteiger partial charge in [-0.3, -0.25) is 4.55 Å². The molecule has 0 saturated carbocycles. The van der Waals surface area contributed by atoms with Gasteiger partial charge in [0, 0.05) is 0 Å². The summed E-state index contributed by atoms with van der Waals surface area (Å²) >= 11 is 0. The fourth-order valence-electron chi connectivity index (χ4n) is 3.27. The largest absolute Gasteiger partial charge is 0.506 e. The Hall–Kier alpha value is -1.07. The Balaban J connectivity index is 2.04. The number of phenols is 1. The minimum Gasteiger partial charge on any atom is -0.506 e. The van der Waals surface area contributed by atoms with Crippen LogP contribution in [0.1, 0.15) is 96.0 Å². The monoisotopic (exact) mass is 384 g/mol. The SMILES string of the molecule is CCCCCCCCCCCCCCCc1ccc(O)c(S(=O)(=O)O)c1. The fraction of sp³-hybridized carbons (Fsp3) is 0.714. The van der Waals surface area contributed by atoms with Crippen molar-refractivity contribution in [2.75, 3.05) is 0 Å². The van der Waals surface area contributed by atoms with Gasteiger partial charge in [-0.2, -0.15) is 8.42 Å². The molecule has 26 heavy (non-hydrogen) atoms. The third-order valence-electron chi connectivity index (χ3n) is 4.87. The molecule has 0 fully saturated rings. The van der Waals surface area contributed by atoms with E-state index in [4.69, 9.17) is 4.55 Å². The second-order valence-electron chi connectivity index (χ2n) is 7.27.